The van der Waals surface area contributed by atoms with Gasteiger partial charge in [-0.2, -0.15) is 0 Å². The number of rotatable bonds is 6. The smallest absolute Gasteiger partial charge is 0.146 e. The number of hydrogen-bond acceptors (Lipinski definition) is 2. The lowest BCUT2D eigenvalue weighted by Crippen LogP contribution is -2.43. The average Bonchev–Trinajstić information content (AvgIpc) is 2.49. The van der Waals surface area contributed by atoms with Crippen LogP contribution in [0.2, 0.25) is 21.6 Å². The van der Waals surface area contributed by atoms with Crippen molar-refractivity contribution in [2.45, 2.75) is 70.4 Å². The second-order valence-corrected chi connectivity index (χ2v) is 13.3. The van der Waals surface area contributed by atoms with Crippen LogP contribution in [0.5, 0.6) is 0 Å². The molecule has 0 fully saturated rings. The zero-order chi connectivity index (χ0) is 18.5. The summed E-state index contributed by atoms with van der Waals surface area (Å²) in [4.78, 5) is 0. The molecule has 0 aliphatic carbocycles. The van der Waals surface area contributed by atoms with Crippen LogP contribution in [0.15, 0.2) is 24.3 Å². The molecule has 0 heterocycles. The summed E-state index contributed by atoms with van der Waals surface area (Å²) in [6.45, 7) is 13.6. The molecule has 4 heteroatoms. The Bertz CT molecular complexity index is 548. The third kappa shape index (κ3) is 4.64. The highest BCUT2D eigenvalue weighted by Crippen LogP contribution is 2.40. The number of halogens is 1. The Morgan fingerprint density at radius 1 is 0.958 bits per heavy atom. The van der Waals surface area contributed by atoms with Gasteiger partial charge in [0.25, 0.3) is 0 Å². The van der Waals surface area contributed by atoms with Gasteiger partial charge in [-0.05, 0) is 34.3 Å². The molecule has 0 saturated heterocycles. The lowest BCUT2D eigenvalue weighted by molar-refractivity contribution is 0.0155. The van der Waals surface area contributed by atoms with E-state index in [1.165, 1.54) is 0 Å². The van der Waals surface area contributed by atoms with E-state index in [0.717, 1.165) is 5.56 Å². The van der Waals surface area contributed by atoms with Gasteiger partial charge in [0.2, 0.25) is 0 Å². The van der Waals surface area contributed by atoms with Crippen LogP contribution in [0.3, 0.4) is 0 Å². The van der Waals surface area contributed by atoms with Gasteiger partial charge in [0.1, 0.15) is 20.3 Å². The van der Waals surface area contributed by atoms with Crippen molar-refractivity contribution in [1.29, 1.82) is 0 Å². The number of benzene rings is 1. The summed E-state index contributed by atoms with van der Waals surface area (Å²) < 4.78 is 5.50. The maximum absolute atomic E-state index is 10.6. The van der Waals surface area contributed by atoms with Crippen molar-refractivity contribution >= 4 is 19.7 Å². The van der Waals surface area contributed by atoms with E-state index in [9.17, 15) is 5.11 Å². The highest BCUT2D eigenvalue weighted by atomic mass is 35.5. The Kier molecular flexibility index (Phi) is 8.02. The molecule has 1 aromatic carbocycles. The minimum atomic E-state index is -1.86. The molecule has 2 nitrogen and oxygen atoms in total. The molecule has 24 heavy (non-hydrogen) atoms. The Labute approximate surface area is 153 Å². The Morgan fingerprint density at radius 3 is 1.79 bits per heavy atom. The fraction of sp³-hybridized carbons (Fsp3) is 0.600. The van der Waals surface area contributed by atoms with Crippen molar-refractivity contribution in [3.8, 4) is 11.5 Å². The highest BCUT2D eigenvalue weighted by Gasteiger charge is 2.41. The van der Waals surface area contributed by atoms with Gasteiger partial charge in [-0.3, -0.25) is 0 Å². The van der Waals surface area contributed by atoms with Crippen molar-refractivity contribution in [1.82, 2.24) is 0 Å². The minimum absolute atomic E-state index is 0.465. The Hall–Kier alpha value is -0.793. The summed E-state index contributed by atoms with van der Waals surface area (Å²) in [5.74, 6) is 3.14. The van der Waals surface area contributed by atoms with Gasteiger partial charge < -0.3 is 9.84 Å². The van der Waals surface area contributed by atoms with E-state index in [1.807, 2.05) is 12.1 Å². The van der Waals surface area contributed by atoms with Crippen LogP contribution in [0.4, 0.5) is 0 Å². The number of ether oxygens (including phenoxy) is 1. The van der Waals surface area contributed by atoms with Gasteiger partial charge in [-0.25, -0.2) is 0 Å². The SMILES string of the molecule is CO[C@@H](c1ccc(Cl)cc1)[C@@H](O)C#C[Si](C(C)C)(C(C)C)C(C)C. The zero-order valence-electron chi connectivity index (χ0n) is 15.9. The molecule has 2 atom stereocenters. The van der Waals surface area contributed by atoms with Crippen molar-refractivity contribution in [3.63, 3.8) is 0 Å². The molecule has 0 aliphatic rings. The molecule has 0 aliphatic heterocycles. The van der Waals surface area contributed by atoms with Gasteiger partial charge in [0.15, 0.2) is 0 Å². The quantitative estimate of drug-likeness (QED) is 0.523. The maximum atomic E-state index is 10.6. The van der Waals surface area contributed by atoms with Crippen LogP contribution in [0, 0.1) is 11.5 Å². The lowest BCUT2D eigenvalue weighted by Gasteiger charge is -2.38. The van der Waals surface area contributed by atoms with Crippen LogP contribution in [0.25, 0.3) is 0 Å². The van der Waals surface area contributed by atoms with Crippen LogP contribution in [-0.2, 0) is 4.74 Å². The summed E-state index contributed by atoms with van der Waals surface area (Å²) in [6, 6.07) is 7.36. The van der Waals surface area contributed by atoms with E-state index >= 15 is 0 Å². The predicted molar refractivity (Wildman–Crippen MR) is 106 cm³/mol. The van der Waals surface area contributed by atoms with Crippen LogP contribution in [0.1, 0.15) is 53.2 Å². The molecule has 0 bridgehead atoms. The fourth-order valence-corrected chi connectivity index (χ4v) is 9.20. The minimum Gasteiger partial charge on any atom is -0.377 e. The van der Waals surface area contributed by atoms with Crippen LogP contribution in [-0.4, -0.2) is 26.4 Å². The molecular weight excluding hydrogens is 336 g/mol. The second kappa shape index (κ2) is 9.06. The molecule has 134 valence electrons. The number of hydrogen-bond donors (Lipinski definition) is 1. The Balaban J connectivity index is 3.16. The summed E-state index contributed by atoms with van der Waals surface area (Å²) in [5, 5.41) is 11.3. The molecule has 0 saturated carbocycles. The predicted octanol–water partition coefficient (Wildman–Crippen LogP) is 5.61. The van der Waals surface area contributed by atoms with Crippen LogP contribution >= 0.6 is 11.6 Å². The van der Waals surface area contributed by atoms with Crippen molar-refractivity contribution in [3.05, 3.63) is 34.9 Å². The molecule has 1 aromatic rings. The summed E-state index contributed by atoms with van der Waals surface area (Å²) in [6.07, 6.45) is -1.31. The van der Waals surface area contributed by atoms with Gasteiger partial charge in [0.05, 0.1) is 0 Å². The van der Waals surface area contributed by atoms with Gasteiger partial charge in [-0.15, -0.1) is 5.54 Å². The summed E-state index contributed by atoms with van der Waals surface area (Å²) in [7, 11) is -0.257. The Morgan fingerprint density at radius 2 is 1.42 bits per heavy atom. The number of aliphatic hydroxyl groups excluding tert-OH is 1. The third-order valence-electron chi connectivity index (χ3n) is 5.04. The number of aliphatic hydroxyl groups is 1. The lowest BCUT2D eigenvalue weighted by atomic mass is 10.1. The molecular formula is C20H31ClO2Si. The van der Waals surface area contributed by atoms with Gasteiger partial charge in [-0.1, -0.05) is 71.2 Å². The standard InChI is InChI=1S/C20H31ClO2Si/c1-14(2)24(15(3)4,16(5)6)13-12-19(22)20(23-7)17-8-10-18(21)11-9-17/h8-11,14-16,19-20,22H,1-7H3/t19-,20-/m0/s1. The van der Waals surface area contributed by atoms with Crippen LogP contribution < -0.4 is 0 Å². The fourth-order valence-electron chi connectivity index (χ4n) is 3.81. The van der Waals surface area contributed by atoms with E-state index in [1.54, 1.807) is 19.2 Å². The van der Waals surface area contributed by atoms with Crippen molar-refractivity contribution in [2.24, 2.45) is 0 Å². The second-order valence-electron chi connectivity index (χ2n) is 7.32. The molecule has 1 rings (SSSR count). The first-order valence-corrected chi connectivity index (χ1v) is 11.3. The molecule has 1 N–H and O–H groups in total. The van der Waals surface area contributed by atoms with Crippen molar-refractivity contribution in [2.75, 3.05) is 7.11 Å². The van der Waals surface area contributed by atoms with Gasteiger partial charge in [0, 0.05) is 12.1 Å². The average molecular weight is 367 g/mol. The molecule has 0 radical (unpaired) electrons. The topological polar surface area (TPSA) is 29.5 Å². The van der Waals surface area contributed by atoms with E-state index in [2.05, 4.69) is 53.0 Å². The molecule has 0 spiro atoms. The third-order valence-corrected chi connectivity index (χ3v) is 11.6. The highest BCUT2D eigenvalue weighted by molar-refractivity contribution is 6.90. The molecule has 0 aromatic heterocycles. The van der Waals surface area contributed by atoms with E-state index in [4.69, 9.17) is 16.3 Å². The normalized spacial score (nSPS) is 14.7. The maximum Gasteiger partial charge on any atom is 0.146 e. The van der Waals surface area contributed by atoms with E-state index < -0.39 is 20.3 Å². The largest absolute Gasteiger partial charge is 0.377 e. The molecule has 0 amide bonds. The monoisotopic (exact) mass is 366 g/mol. The van der Waals surface area contributed by atoms with Crippen molar-refractivity contribution < 1.29 is 9.84 Å². The molecule has 0 unspecified atom stereocenters. The summed E-state index contributed by atoms with van der Waals surface area (Å²) >= 11 is 5.94. The first kappa shape index (κ1) is 21.2. The first-order valence-electron chi connectivity index (χ1n) is 8.65. The van der Waals surface area contributed by atoms with Gasteiger partial charge >= 0.3 is 0 Å². The number of methoxy groups -OCH3 is 1. The first-order chi connectivity index (χ1) is 11.2. The summed E-state index contributed by atoms with van der Waals surface area (Å²) in [5.41, 5.74) is 6.05. The van der Waals surface area contributed by atoms with E-state index in [-0.39, 0.29) is 0 Å². The van der Waals surface area contributed by atoms with E-state index in [0.29, 0.717) is 21.6 Å². The zero-order valence-corrected chi connectivity index (χ0v) is 17.7.